The van der Waals surface area contributed by atoms with Crippen LogP contribution in [0.15, 0.2) is 16.8 Å². The van der Waals surface area contributed by atoms with Crippen LogP contribution in [0.5, 0.6) is 0 Å². The van der Waals surface area contributed by atoms with Gasteiger partial charge in [-0.25, -0.2) is 14.3 Å². The summed E-state index contributed by atoms with van der Waals surface area (Å²) in [6.45, 7) is 5.59. The van der Waals surface area contributed by atoms with E-state index in [0.29, 0.717) is 12.2 Å². The van der Waals surface area contributed by atoms with Crippen LogP contribution in [-0.4, -0.2) is 37.8 Å². The Morgan fingerprint density at radius 1 is 1.43 bits per heavy atom. The monoisotopic (exact) mass is 338 g/mol. The molecule has 0 bridgehead atoms. The van der Waals surface area contributed by atoms with Crippen molar-refractivity contribution in [3.63, 3.8) is 0 Å². The lowest BCUT2D eigenvalue weighted by Crippen LogP contribution is -2.33. The number of alkyl carbamates (subject to hydrolysis) is 1. The molecule has 0 atom stereocenters. The highest BCUT2D eigenvalue weighted by Crippen LogP contribution is 2.12. The molecule has 0 aliphatic carbocycles. The molecule has 8 nitrogen and oxygen atoms in total. The predicted octanol–water partition coefficient (Wildman–Crippen LogP) is 2.11. The molecule has 124 valence electrons. The van der Waals surface area contributed by atoms with Gasteiger partial charge in [0.2, 0.25) is 0 Å². The van der Waals surface area contributed by atoms with Crippen LogP contribution in [0.25, 0.3) is 0 Å². The zero-order valence-electron chi connectivity index (χ0n) is 13.1. The first-order valence-electron chi connectivity index (χ1n) is 6.90. The summed E-state index contributed by atoms with van der Waals surface area (Å²) in [5.41, 5.74) is 0.482. The molecule has 1 amide bonds. The van der Waals surface area contributed by atoms with Crippen LogP contribution in [0.4, 0.5) is 4.79 Å². The van der Waals surface area contributed by atoms with Crippen molar-refractivity contribution >= 4 is 23.4 Å². The van der Waals surface area contributed by atoms with Gasteiger partial charge in [-0.1, -0.05) is 5.21 Å². The Bertz CT molecular complexity index is 688. The molecule has 2 N–H and O–H groups in total. The quantitative estimate of drug-likeness (QED) is 0.865. The molecule has 0 aliphatic rings. The third-order valence-electron chi connectivity index (χ3n) is 2.75. The molecule has 9 heteroatoms. The Balaban J connectivity index is 2.13. The van der Waals surface area contributed by atoms with Crippen LogP contribution >= 0.6 is 11.3 Å². The third-order valence-corrected chi connectivity index (χ3v) is 3.48. The average molecular weight is 338 g/mol. The summed E-state index contributed by atoms with van der Waals surface area (Å²) in [5.74, 6) is -1.19. The topological polar surface area (TPSA) is 106 Å². The van der Waals surface area contributed by atoms with Gasteiger partial charge in [-0.15, -0.1) is 5.10 Å². The number of aromatic carboxylic acids is 1. The number of hydrogen-bond donors (Lipinski definition) is 2. The van der Waals surface area contributed by atoms with Crippen LogP contribution in [0.1, 0.15) is 42.5 Å². The number of hydrogen-bond acceptors (Lipinski definition) is 6. The number of ether oxygens (including phenoxy) is 1. The molecule has 2 aromatic heterocycles. The van der Waals surface area contributed by atoms with Crippen molar-refractivity contribution in [2.45, 2.75) is 39.5 Å². The first-order chi connectivity index (χ1) is 10.8. The van der Waals surface area contributed by atoms with Crippen LogP contribution in [0.3, 0.4) is 0 Å². The summed E-state index contributed by atoms with van der Waals surface area (Å²) < 4.78 is 6.60. The first-order valence-corrected chi connectivity index (χ1v) is 7.84. The molecule has 0 radical (unpaired) electrons. The van der Waals surface area contributed by atoms with Crippen LogP contribution in [-0.2, 0) is 17.8 Å². The molecule has 2 aromatic rings. The largest absolute Gasteiger partial charge is 0.476 e. The zero-order valence-corrected chi connectivity index (χ0v) is 13.9. The Morgan fingerprint density at radius 3 is 2.74 bits per heavy atom. The molecule has 2 heterocycles. The molecule has 2 rings (SSSR count). The van der Waals surface area contributed by atoms with Crippen molar-refractivity contribution in [2.24, 2.45) is 0 Å². The van der Waals surface area contributed by atoms with Gasteiger partial charge in [0, 0.05) is 0 Å². The maximum atomic E-state index is 11.7. The Morgan fingerprint density at radius 2 is 2.17 bits per heavy atom. The fourth-order valence-electron chi connectivity index (χ4n) is 1.83. The van der Waals surface area contributed by atoms with Gasteiger partial charge in [0.25, 0.3) is 0 Å². The summed E-state index contributed by atoms with van der Waals surface area (Å²) >= 11 is 1.53. The standard InChI is InChI=1S/C14H18N4O4S/c1-14(2,3)22-13(21)15-6-10-11(12(19)20)16-17-18(10)7-9-4-5-23-8-9/h4-5,8H,6-7H2,1-3H3,(H,15,21)(H,19,20). The summed E-state index contributed by atoms with van der Waals surface area (Å²) in [6.07, 6.45) is -0.628. The highest BCUT2D eigenvalue weighted by atomic mass is 32.1. The van der Waals surface area contributed by atoms with E-state index in [1.54, 1.807) is 20.8 Å². The van der Waals surface area contributed by atoms with E-state index in [1.807, 2.05) is 16.8 Å². The zero-order chi connectivity index (χ0) is 17.0. The van der Waals surface area contributed by atoms with Gasteiger partial charge in [-0.2, -0.15) is 11.3 Å². The van der Waals surface area contributed by atoms with Crippen LogP contribution in [0, 0.1) is 0 Å². The number of thiophene rings is 1. The van der Waals surface area contributed by atoms with Gasteiger partial charge in [0.1, 0.15) is 5.60 Å². The minimum Gasteiger partial charge on any atom is -0.476 e. The normalized spacial score (nSPS) is 11.3. The number of carbonyl (C=O) groups is 2. The fraction of sp³-hybridized carbons (Fsp3) is 0.429. The molecule has 0 aromatic carbocycles. The number of aromatic nitrogens is 3. The molecule has 23 heavy (non-hydrogen) atoms. The molecular weight excluding hydrogens is 320 g/mol. The lowest BCUT2D eigenvalue weighted by Gasteiger charge is -2.19. The molecule has 0 fully saturated rings. The highest BCUT2D eigenvalue weighted by molar-refractivity contribution is 7.07. The SMILES string of the molecule is CC(C)(C)OC(=O)NCc1c(C(=O)O)nnn1Cc1ccsc1. The lowest BCUT2D eigenvalue weighted by molar-refractivity contribution is 0.0519. The van der Waals surface area contributed by atoms with E-state index in [-0.39, 0.29) is 12.2 Å². The van der Waals surface area contributed by atoms with Crippen molar-refractivity contribution in [2.75, 3.05) is 0 Å². The smallest absolute Gasteiger partial charge is 0.407 e. The van der Waals surface area contributed by atoms with E-state index in [9.17, 15) is 14.7 Å². The number of carboxylic acids is 1. The van der Waals surface area contributed by atoms with E-state index in [4.69, 9.17) is 4.74 Å². The maximum absolute atomic E-state index is 11.7. The molecule has 0 unspecified atom stereocenters. The predicted molar refractivity (Wildman–Crippen MR) is 83.5 cm³/mol. The van der Waals surface area contributed by atoms with E-state index in [0.717, 1.165) is 5.56 Å². The van der Waals surface area contributed by atoms with Crippen molar-refractivity contribution < 1.29 is 19.4 Å². The second-order valence-corrected chi connectivity index (χ2v) is 6.61. The summed E-state index contributed by atoms with van der Waals surface area (Å²) in [5, 5.41) is 23.1. The second kappa shape index (κ2) is 6.78. The summed E-state index contributed by atoms with van der Waals surface area (Å²) in [4.78, 5) is 23.0. The van der Waals surface area contributed by atoms with Crippen LogP contribution < -0.4 is 5.32 Å². The number of amides is 1. The van der Waals surface area contributed by atoms with E-state index in [2.05, 4.69) is 15.6 Å². The van der Waals surface area contributed by atoms with E-state index in [1.165, 1.54) is 16.0 Å². The Hall–Kier alpha value is -2.42. The van der Waals surface area contributed by atoms with E-state index < -0.39 is 17.7 Å². The molecule has 0 aliphatic heterocycles. The van der Waals surface area contributed by atoms with Gasteiger partial charge in [0.05, 0.1) is 18.8 Å². The number of rotatable bonds is 5. The average Bonchev–Trinajstić information content (AvgIpc) is 3.04. The van der Waals surface area contributed by atoms with Crippen molar-refractivity contribution in [3.8, 4) is 0 Å². The summed E-state index contributed by atoms with van der Waals surface area (Å²) in [7, 11) is 0. The highest BCUT2D eigenvalue weighted by Gasteiger charge is 2.21. The Kier molecular flexibility index (Phi) is 4.99. The van der Waals surface area contributed by atoms with Crippen molar-refractivity contribution in [1.82, 2.24) is 20.3 Å². The van der Waals surface area contributed by atoms with Crippen molar-refractivity contribution in [3.05, 3.63) is 33.8 Å². The minimum absolute atomic E-state index is 0.0340. The van der Waals surface area contributed by atoms with Crippen LogP contribution in [0.2, 0.25) is 0 Å². The van der Waals surface area contributed by atoms with Crippen molar-refractivity contribution in [1.29, 1.82) is 0 Å². The number of carboxylic acid groups (broad SMARTS) is 1. The van der Waals surface area contributed by atoms with Gasteiger partial charge >= 0.3 is 12.1 Å². The third kappa shape index (κ3) is 4.78. The molecule has 0 spiro atoms. The number of carbonyl (C=O) groups excluding carboxylic acids is 1. The van der Waals surface area contributed by atoms with Gasteiger partial charge in [0.15, 0.2) is 5.69 Å². The number of nitrogens with one attached hydrogen (secondary N) is 1. The van der Waals surface area contributed by atoms with Gasteiger partial charge in [-0.05, 0) is 43.2 Å². The summed E-state index contributed by atoms with van der Waals surface area (Å²) in [6, 6.07) is 1.91. The maximum Gasteiger partial charge on any atom is 0.407 e. The minimum atomic E-state index is -1.19. The number of nitrogens with zero attached hydrogens (tertiary/aromatic N) is 3. The fourth-order valence-corrected chi connectivity index (χ4v) is 2.49. The molecule has 0 saturated heterocycles. The first kappa shape index (κ1) is 16.9. The van der Waals surface area contributed by atoms with Gasteiger partial charge in [-0.3, -0.25) is 0 Å². The Labute approximate surface area is 137 Å². The second-order valence-electron chi connectivity index (χ2n) is 5.83. The van der Waals surface area contributed by atoms with Gasteiger partial charge < -0.3 is 15.2 Å². The lowest BCUT2D eigenvalue weighted by atomic mass is 10.2. The molecule has 0 saturated carbocycles. The molecular formula is C14H18N4O4S. The van der Waals surface area contributed by atoms with E-state index >= 15 is 0 Å².